The molecular weight excluding hydrogens is 318 g/mol. The fourth-order valence-corrected chi connectivity index (χ4v) is 3.59. The number of pyridine rings is 1. The Morgan fingerprint density at radius 3 is 2.68 bits per heavy atom. The van der Waals surface area contributed by atoms with Crippen molar-refractivity contribution in [3.63, 3.8) is 0 Å². The normalized spacial score (nSPS) is 10.4. The number of carbonyl (C=O) groups is 1. The Morgan fingerprint density at radius 1 is 1.18 bits per heavy atom. The van der Waals surface area contributed by atoms with Gasteiger partial charge in [-0.05, 0) is 47.0 Å². The molecule has 0 amide bonds. The van der Waals surface area contributed by atoms with Gasteiger partial charge >= 0.3 is 5.97 Å². The number of nitrogens with zero attached hydrogens (tertiary/aromatic N) is 1. The van der Waals surface area contributed by atoms with E-state index in [1.54, 1.807) is 52.1 Å². The molecule has 1 aromatic heterocycles. The molecule has 1 aromatic carbocycles. The summed E-state index contributed by atoms with van der Waals surface area (Å²) in [7, 11) is 3.29. The Kier molecular flexibility index (Phi) is 7.28. The Labute approximate surface area is 137 Å². The van der Waals surface area contributed by atoms with Gasteiger partial charge in [-0.25, -0.2) is 4.98 Å². The molecular formula is C16H17NO3S2. The van der Waals surface area contributed by atoms with Crippen LogP contribution in [0.4, 0.5) is 0 Å². The van der Waals surface area contributed by atoms with Gasteiger partial charge in [-0.15, -0.1) is 0 Å². The molecule has 4 nitrogen and oxygen atoms in total. The topological polar surface area (TPSA) is 59.4 Å². The van der Waals surface area contributed by atoms with E-state index in [2.05, 4.69) is 4.98 Å². The first kappa shape index (κ1) is 16.9. The number of carbonyl (C=O) groups excluding carboxylic acids is 1. The van der Waals surface area contributed by atoms with Crippen LogP contribution >= 0.6 is 21.6 Å². The van der Waals surface area contributed by atoms with Gasteiger partial charge in [0.15, 0.2) is 0 Å². The summed E-state index contributed by atoms with van der Waals surface area (Å²) in [6.45, 7) is -0.0145. The van der Waals surface area contributed by atoms with Gasteiger partial charge < -0.3 is 9.84 Å². The third-order valence-electron chi connectivity index (χ3n) is 2.73. The Balaban J connectivity index is 1.61. The lowest BCUT2D eigenvalue weighted by atomic mass is 10.2. The molecule has 22 heavy (non-hydrogen) atoms. The zero-order chi connectivity index (χ0) is 15.6. The van der Waals surface area contributed by atoms with Crippen LogP contribution in [-0.4, -0.2) is 21.8 Å². The summed E-state index contributed by atoms with van der Waals surface area (Å²) in [5.41, 5.74) is 0.794. The number of aliphatic hydroxyl groups is 1. The van der Waals surface area contributed by atoms with Crippen molar-refractivity contribution in [3.05, 3.63) is 54.2 Å². The summed E-state index contributed by atoms with van der Waals surface area (Å²) in [5, 5.41) is 9.91. The molecule has 0 atom stereocenters. The van der Waals surface area contributed by atoms with Crippen molar-refractivity contribution >= 4 is 27.6 Å². The van der Waals surface area contributed by atoms with E-state index in [4.69, 9.17) is 9.84 Å². The number of esters is 1. The van der Waals surface area contributed by atoms with Crippen LogP contribution in [0.3, 0.4) is 0 Å². The highest BCUT2D eigenvalue weighted by Gasteiger charge is 2.05. The quantitative estimate of drug-likeness (QED) is 0.343. The molecule has 0 saturated heterocycles. The van der Waals surface area contributed by atoms with Crippen LogP contribution in [0.5, 0.6) is 5.75 Å². The predicted molar refractivity (Wildman–Crippen MR) is 89.8 cm³/mol. The summed E-state index contributed by atoms with van der Waals surface area (Å²) in [6, 6.07) is 12.7. The minimum absolute atomic E-state index is 0.0145. The monoisotopic (exact) mass is 335 g/mol. The standard InChI is InChI=1S/C16H17NO3S2/c18-12-13-6-8-14(9-7-13)20-16(19)5-3-11-21-22-15-4-1-2-10-17-15/h1-2,4,6-10,18H,3,5,11-12H2. The van der Waals surface area contributed by atoms with Crippen molar-refractivity contribution in [1.29, 1.82) is 0 Å². The average Bonchev–Trinajstić information content (AvgIpc) is 2.56. The fraction of sp³-hybridized carbons (Fsp3) is 0.250. The summed E-state index contributed by atoms with van der Waals surface area (Å²) in [5.74, 6) is 1.14. The zero-order valence-electron chi connectivity index (χ0n) is 12.0. The van der Waals surface area contributed by atoms with E-state index in [0.29, 0.717) is 12.2 Å². The van der Waals surface area contributed by atoms with Crippen LogP contribution in [0.25, 0.3) is 0 Å². The second-order valence-corrected chi connectivity index (χ2v) is 6.89. The molecule has 0 fully saturated rings. The van der Waals surface area contributed by atoms with Crippen LogP contribution in [0.2, 0.25) is 0 Å². The van der Waals surface area contributed by atoms with E-state index in [0.717, 1.165) is 22.8 Å². The number of hydrogen-bond acceptors (Lipinski definition) is 6. The molecule has 0 radical (unpaired) electrons. The maximum atomic E-state index is 11.7. The second-order valence-electron chi connectivity index (χ2n) is 4.45. The molecule has 0 bridgehead atoms. The second kappa shape index (κ2) is 9.50. The molecule has 6 heteroatoms. The van der Waals surface area contributed by atoms with Crippen molar-refractivity contribution < 1.29 is 14.6 Å². The predicted octanol–water partition coefficient (Wildman–Crippen LogP) is 3.70. The highest BCUT2D eigenvalue weighted by Crippen LogP contribution is 2.29. The minimum Gasteiger partial charge on any atom is -0.427 e. The summed E-state index contributed by atoms with van der Waals surface area (Å²) >= 11 is 0. The van der Waals surface area contributed by atoms with E-state index in [1.807, 2.05) is 18.2 Å². The van der Waals surface area contributed by atoms with E-state index in [1.165, 1.54) is 0 Å². The van der Waals surface area contributed by atoms with Crippen LogP contribution in [0.1, 0.15) is 18.4 Å². The molecule has 1 N–H and O–H groups in total. The number of hydrogen-bond donors (Lipinski definition) is 1. The summed E-state index contributed by atoms with van der Waals surface area (Å²) in [6.07, 6.45) is 2.91. The maximum absolute atomic E-state index is 11.7. The van der Waals surface area contributed by atoms with E-state index < -0.39 is 0 Å². The third-order valence-corrected chi connectivity index (χ3v) is 5.08. The molecule has 2 aromatic rings. The first-order valence-corrected chi connectivity index (χ1v) is 9.21. The van der Waals surface area contributed by atoms with Gasteiger partial charge in [-0.2, -0.15) is 0 Å². The van der Waals surface area contributed by atoms with Crippen molar-refractivity contribution in [3.8, 4) is 5.75 Å². The molecule has 0 saturated carbocycles. The number of ether oxygens (including phenoxy) is 1. The highest BCUT2D eigenvalue weighted by atomic mass is 33.1. The molecule has 0 aliphatic rings. The van der Waals surface area contributed by atoms with Crippen LogP contribution in [0, 0.1) is 0 Å². The molecule has 0 aliphatic heterocycles. The van der Waals surface area contributed by atoms with Gasteiger partial charge in [-0.3, -0.25) is 4.79 Å². The molecule has 0 spiro atoms. The largest absolute Gasteiger partial charge is 0.427 e. The summed E-state index contributed by atoms with van der Waals surface area (Å²) < 4.78 is 5.23. The van der Waals surface area contributed by atoms with Gasteiger partial charge in [0.2, 0.25) is 0 Å². The molecule has 116 valence electrons. The Morgan fingerprint density at radius 2 is 2.00 bits per heavy atom. The smallest absolute Gasteiger partial charge is 0.311 e. The van der Waals surface area contributed by atoms with Gasteiger partial charge in [-0.1, -0.05) is 29.0 Å². The van der Waals surface area contributed by atoms with Gasteiger partial charge in [0, 0.05) is 18.4 Å². The number of aliphatic hydroxyl groups excluding tert-OH is 1. The Hall–Kier alpha value is -1.50. The molecule has 2 rings (SSSR count). The number of aromatic nitrogens is 1. The van der Waals surface area contributed by atoms with Gasteiger partial charge in [0.05, 0.1) is 6.61 Å². The molecule has 0 unspecified atom stereocenters. The average molecular weight is 335 g/mol. The van der Waals surface area contributed by atoms with Crippen LogP contribution in [-0.2, 0) is 11.4 Å². The number of benzene rings is 1. The minimum atomic E-state index is -0.236. The lowest BCUT2D eigenvalue weighted by Gasteiger charge is -2.05. The zero-order valence-corrected chi connectivity index (χ0v) is 13.6. The molecule has 1 heterocycles. The lowest BCUT2D eigenvalue weighted by molar-refractivity contribution is -0.134. The first-order chi connectivity index (χ1) is 10.8. The summed E-state index contributed by atoms with van der Waals surface area (Å²) in [4.78, 5) is 15.9. The third kappa shape index (κ3) is 6.09. The fourth-order valence-electron chi connectivity index (χ4n) is 1.62. The van der Waals surface area contributed by atoms with E-state index in [9.17, 15) is 4.79 Å². The first-order valence-electron chi connectivity index (χ1n) is 6.89. The SMILES string of the molecule is O=C(CCCSSc1ccccn1)Oc1ccc(CO)cc1. The van der Waals surface area contributed by atoms with Crippen molar-refractivity contribution in [2.45, 2.75) is 24.5 Å². The number of rotatable bonds is 8. The van der Waals surface area contributed by atoms with Crippen LogP contribution in [0.15, 0.2) is 53.7 Å². The highest BCUT2D eigenvalue weighted by molar-refractivity contribution is 8.76. The molecule has 0 aliphatic carbocycles. The maximum Gasteiger partial charge on any atom is 0.311 e. The van der Waals surface area contributed by atoms with Crippen molar-refractivity contribution in [2.75, 3.05) is 5.75 Å². The Bertz CT molecular complexity index is 576. The lowest BCUT2D eigenvalue weighted by Crippen LogP contribution is -2.07. The van der Waals surface area contributed by atoms with E-state index >= 15 is 0 Å². The van der Waals surface area contributed by atoms with Gasteiger partial charge in [0.1, 0.15) is 10.8 Å². The van der Waals surface area contributed by atoms with E-state index in [-0.39, 0.29) is 12.6 Å². The van der Waals surface area contributed by atoms with Crippen molar-refractivity contribution in [2.24, 2.45) is 0 Å². The van der Waals surface area contributed by atoms with Crippen molar-refractivity contribution in [1.82, 2.24) is 4.98 Å². The van der Waals surface area contributed by atoms with Gasteiger partial charge in [0.25, 0.3) is 0 Å². The van der Waals surface area contributed by atoms with Crippen LogP contribution < -0.4 is 4.74 Å².